The number of hydrogen-bond donors (Lipinski definition) is 1. The minimum atomic E-state index is -0.420. The molecule has 124 valence electrons. The molecule has 0 aromatic rings. The van der Waals surface area contributed by atoms with Crippen LogP contribution in [0.3, 0.4) is 0 Å². The average Bonchev–Trinajstić information content (AvgIpc) is 2.33. The van der Waals surface area contributed by atoms with E-state index < -0.39 is 5.38 Å². The van der Waals surface area contributed by atoms with Gasteiger partial charge in [-0.3, -0.25) is 4.79 Å². The maximum absolute atomic E-state index is 12.2. The summed E-state index contributed by atoms with van der Waals surface area (Å²) in [5.74, 6) is -0.0346. The highest BCUT2D eigenvalue weighted by atomic mass is 35.5. The Hall–Kier alpha value is -0.320. The fourth-order valence-corrected chi connectivity index (χ4v) is 3.88. The van der Waals surface area contributed by atoms with Gasteiger partial charge in [0, 0.05) is 17.1 Å². The van der Waals surface area contributed by atoms with Crippen molar-refractivity contribution in [2.75, 3.05) is 7.11 Å². The number of carbonyl (C=O) groups excluding carboxylic acids is 1. The van der Waals surface area contributed by atoms with Crippen LogP contribution in [0.1, 0.15) is 66.7 Å². The lowest BCUT2D eigenvalue weighted by Crippen LogP contribution is -2.64. The second-order valence-electron chi connectivity index (χ2n) is 7.33. The van der Waals surface area contributed by atoms with Crippen LogP contribution in [-0.4, -0.2) is 40.6 Å². The van der Waals surface area contributed by atoms with Crippen molar-refractivity contribution in [1.29, 1.82) is 0 Å². The molecular weight excluding hydrogens is 288 g/mol. The van der Waals surface area contributed by atoms with Crippen molar-refractivity contribution < 1.29 is 9.63 Å². The molecule has 0 aromatic carbocycles. The molecule has 0 bridgehead atoms. The highest BCUT2D eigenvalue weighted by Crippen LogP contribution is 2.38. The molecule has 5 heteroatoms. The number of alkyl halides is 1. The normalized spacial score (nSPS) is 23.8. The van der Waals surface area contributed by atoms with Gasteiger partial charge in [-0.1, -0.05) is 19.8 Å². The molecule has 0 aliphatic carbocycles. The molecule has 1 rings (SSSR count). The van der Waals surface area contributed by atoms with Crippen molar-refractivity contribution in [2.24, 2.45) is 0 Å². The molecular formula is C16H31ClN2O2. The molecule has 21 heavy (non-hydrogen) atoms. The molecule has 0 spiro atoms. The first kappa shape index (κ1) is 18.7. The predicted molar refractivity (Wildman–Crippen MR) is 87.3 cm³/mol. The van der Waals surface area contributed by atoms with Crippen LogP contribution in [0.25, 0.3) is 0 Å². The Labute approximate surface area is 134 Å². The molecule has 0 saturated carbocycles. The second kappa shape index (κ2) is 7.30. The van der Waals surface area contributed by atoms with Crippen molar-refractivity contribution in [1.82, 2.24) is 10.4 Å². The minimum absolute atomic E-state index is 0.0346. The maximum Gasteiger partial charge on any atom is 0.238 e. The second-order valence-corrected chi connectivity index (χ2v) is 7.85. The van der Waals surface area contributed by atoms with Gasteiger partial charge in [0.25, 0.3) is 0 Å². The summed E-state index contributed by atoms with van der Waals surface area (Å²) in [6.07, 6.45) is 4.50. The molecule has 1 atom stereocenters. The molecule has 1 amide bonds. The van der Waals surface area contributed by atoms with Gasteiger partial charge in [-0.25, -0.2) is 0 Å². The van der Waals surface area contributed by atoms with Crippen molar-refractivity contribution in [3.05, 3.63) is 0 Å². The Balaban J connectivity index is 2.67. The summed E-state index contributed by atoms with van der Waals surface area (Å²) in [6, 6.07) is 0.136. The van der Waals surface area contributed by atoms with E-state index in [1.807, 2.05) is 5.06 Å². The summed E-state index contributed by atoms with van der Waals surface area (Å²) >= 11 is 6.18. The fraction of sp³-hybridized carbons (Fsp3) is 0.938. The monoisotopic (exact) mass is 318 g/mol. The topological polar surface area (TPSA) is 41.6 Å². The first-order chi connectivity index (χ1) is 9.64. The molecule has 1 unspecified atom stereocenters. The van der Waals surface area contributed by atoms with E-state index in [-0.39, 0.29) is 23.0 Å². The van der Waals surface area contributed by atoms with E-state index in [0.717, 1.165) is 32.1 Å². The number of amides is 1. The molecule has 1 aliphatic rings. The standard InChI is InChI=1S/C16H31ClN2O2/c1-7-8-9-13(17)14(20)18-12-10-15(2,3)19(21-6)16(4,5)11-12/h12-13H,7-11H2,1-6H3,(H,18,20). The highest BCUT2D eigenvalue weighted by molar-refractivity contribution is 6.30. The number of piperidine rings is 1. The first-order valence-corrected chi connectivity index (χ1v) is 8.36. The Kier molecular flexibility index (Phi) is 6.51. The number of hydrogen-bond acceptors (Lipinski definition) is 3. The quantitative estimate of drug-likeness (QED) is 0.762. The van der Waals surface area contributed by atoms with E-state index in [2.05, 4.69) is 39.9 Å². The average molecular weight is 319 g/mol. The molecule has 1 saturated heterocycles. The number of nitrogens with zero attached hydrogens (tertiary/aromatic N) is 1. The molecule has 1 heterocycles. The SMILES string of the molecule is CCCCC(Cl)C(=O)NC1CC(C)(C)N(OC)C(C)(C)C1. The van der Waals surface area contributed by atoms with Gasteiger partial charge in [0.05, 0.1) is 7.11 Å². The number of rotatable bonds is 6. The number of hydroxylamine groups is 2. The van der Waals surface area contributed by atoms with E-state index >= 15 is 0 Å². The van der Waals surface area contributed by atoms with Gasteiger partial charge in [0.2, 0.25) is 5.91 Å². The zero-order valence-corrected chi connectivity index (χ0v) is 15.1. The maximum atomic E-state index is 12.2. The molecule has 4 nitrogen and oxygen atoms in total. The predicted octanol–water partition coefficient (Wildman–Crippen LogP) is 3.48. The zero-order chi connectivity index (χ0) is 16.3. The van der Waals surface area contributed by atoms with Crippen molar-refractivity contribution in [3.8, 4) is 0 Å². The third kappa shape index (κ3) is 4.83. The van der Waals surface area contributed by atoms with Crippen LogP contribution in [0.4, 0.5) is 0 Å². The Morgan fingerprint density at radius 1 is 1.33 bits per heavy atom. The minimum Gasteiger partial charge on any atom is -0.352 e. The Morgan fingerprint density at radius 3 is 2.29 bits per heavy atom. The van der Waals surface area contributed by atoms with Gasteiger partial charge in [0.1, 0.15) is 5.38 Å². The van der Waals surface area contributed by atoms with Crippen LogP contribution >= 0.6 is 11.6 Å². The van der Waals surface area contributed by atoms with Gasteiger partial charge in [-0.05, 0) is 47.0 Å². The van der Waals surface area contributed by atoms with Crippen molar-refractivity contribution in [2.45, 2.75) is 89.2 Å². The van der Waals surface area contributed by atoms with Crippen LogP contribution in [0, 0.1) is 0 Å². The molecule has 1 N–H and O–H groups in total. The molecule has 0 radical (unpaired) electrons. The van der Waals surface area contributed by atoms with Gasteiger partial charge < -0.3 is 10.2 Å². The summed E-state index contributed by atoms with van der Waals surface area (Å²) in [5, 5.41) is 4.75. The van der Waals surface area contributed by atoms with Crippen LogP contribution < -0.4 is 5.32 Å². The molecule has 1 aliphatic heterocycles. The van der Waals surface area contributed by atoms with E-state index in [1.54, 1.807) is 7.11 Å². The summed E-state index contributed by atoms with van der Waals surface area (Å²) in [4.78, 5) is 17.8. The number of halogens is 1. The fourth-order valence-electron chi connectivity index (χ4n) is 3.67. The van der Waals surface area contributed by atoms with Gasteiger partial charge in [-0.2, -0.15) is 5.06 Å². The Bertz CT molecular complexity index is 340. The number of nitrogens with one attached hydrogen (secondary N) is 1. The number of unbranched alkanes of at least 4 members (excludes halogenated alkanes) is 1. The third-order valence-electron chi connectivity index (χ3n) is 4.22. The molecule has 0 aromatic heterocycles. The zero-order valence-electron chi connectivity index (χ0n) is 14.3. The van der Waals surface area contributed by atoms with E-state index in [9.17, 15) is 4.79 Å². The summed E-state index contributed by atoms with van der Waals surface area (Å²) in [7, 11) is 1.71. The van der Waals surface area contributed by atoms with Crippen molar-refractivity contribution in [3.63, 3.8) is 0 Å². The van der Waals surface area contributed by atoms with Gasteiger partial charge in [-0.15, -0.1) is 11.6 Å². The summed E-state index contributed by atoms with van der Waals surface area (Å²) < 4.78 is 0. The van der Waals surface area contributed by atoms with Crippen LogP contribution in [0.15, 0.2) is 0 Å². The van der Waals surface area contributed by atoms with Gasteiger partial charge in [0.15, 0.2) is 0 Å². The van der Waals surface area contributed by atoms with Crippen molar-refractivity contribution >= 4 is 17.5 Å². The lowest BCUT2D eigenvalue weighted by molar-refractivity contribution is -0.267. The van der Waals surface area contributed by atoms with Crippen LogP contribution in [0.2, 0.25) is 0 Å². The first-order valence-electron chi connectivity index (χ1n) is 7.93. The van der Waals surface area contributed by atoms with Crippen LogP contribution in [0.5, 0.6) is 0 Å². The summed E-state index contributed by atoms with van der Waals surface area (Å²) in [5.41, 5.74) is -0.251. The summed E-state index contributed by atoms with van der Waals surface area (Å²) in [6.45, 7) is 10.7. The lowest BCUT2D eigenvalue weighted by Gasteiger charge is -2.53. The molecule has 1 fully saturated rings. The smallest absolute Gasteiger partial charge is 0.238 e. The number of carbonyl (C=O) groups is 1. The lowest BCUT2D eigenvalue weighted by atomic mass is 9.79. The highest BCUT2D eigenvalue weighted by Gasteiger charge is 2.46. The Morgan fingerprint density at radius 2 is 1.86 bits per heavy atom. The van der Waals surface area contributed by atoms with E-state index in [4.69, 9.17) is 16.4 Å². The van der Waals surface area contributed by atoms with E-state index in [0.29, 0.717) is 0 Å². The van der Waals surface area contributed by atoms with E-state index in [1.165, 1.54) is 0 Å². The van der Waals surface area contributed by atoms with Gasteiger partial charge >= 0.3 is 0 Å². The largest absolute Gasteiger partial charge is 0.352 e. The van der Waals surface area contributed by atoms with Crippen LogP contribution in [-0.2, 0) is 9.63 Å². The third-order valence-corrected chi connectivity index (χ3v) is 4.63.